The number of fused-ring (bicyclic) bond motifs is 1. The minimum atomic E-state index is -0.450. The molecule has 1 N–H and O–H groups in total. The van der Waals surface area contributed by atoms with E-state index >= 15 is 0 Å². The maximum atomic E-state index is 13.0. The lowest BCUT2D eigenvalue weighted by Gasteiger charge is -2.37. The van der Waals surface area contributed by atoms with Crippen molar-refractivity contribution < 1.29 is 19.0 Å². The smallest absolute Gasteiger partial charge is 0.338 e. The number of carbonyl (C=O) groups excluding carboxylic acids is 1. The van der Waals surface area contributed by atoms with E-state index in [0.717, 1.165) is 22.5 Å². The molecule has 0 amide bonds. The molecule has 2 aliphatic heterocycles. The number of thiocarbonyl (C=S) groups is 1. The van der Waals surface area contributed by atoms with Gasteiger partial charge in [0.05, 0.1) is 18.2 Å². The lowest BCUT2D eigenvalue weighted by Crippen LogP contribution is -2.48. The molecule has 0 radical (unpaired) electrons. The van der Waals surface area contributed by atoms with E-state index < -0.39 is 6.04 Å². The quantitative estimate of drug-likeness (QED) is 0.587. The fourth-order valence-electron chi connectivity index (χ4n) is 3.71. The second-order valence-corrected chi connectivity index (χ2v) is 7.56. The molecule has 0 saturated carbocycles. The molecule has 0 saturated heterocycles. The Morgan fingerprint density at radius 3 is 2.53 bits per heavy atom. The van der Waals surface area contributed by atoms with Gasteiger partial charge >= 0.3 is 5.97 Å². The SMILES string of the molecule is CCOC(=O)C1=C(C)N(c2ccc(C)cc2)C(=S)NC1c1ccc2c(c1)OCCO2. The molecular weight excluding hydrogens is 400 g/mol. The Balaban J connectivity index is 1.80. The molecule has 6 nitrogen and oxygen atoms in total. The van der Waals surface area contributed by atoms with Crippen molar-refractivity contribution in [1.82, 2.24) is 5.32 Å². The summed E-state index contributed by atoms with van der Waals surface area (Å²) in [5.41, 5.74) is 4.14. The summed E-state index contributed by atoms with van der Waals surface area (Å²) in [7, 11) is 0. The average molecular weight is 425 g/mol. The molecule has 2 aromatic carbocycles. The van der Waals surface area contributed by atoms with Crippen LogP contribution in [0.2, 0.25) is 0 Å². The number of rotatable bonds is 4. The lowest BCUT2D eigenvalue weighted by molar-refractivity contribution is -0.139. The van der Waals surface area contributed by atoms with Crippen LogP contribution in [0.1, 0.15) is 31.0 Å². The highest BCUT2D eigenvalue weighted by molar-refractivity contribution is 7.80. The Morgan fingerprint density at radius 1 is 1.13 bits per heavy atom. The third-order valence-corrected chi connectivity index (χ3v) is 5.47. The Kier molecular flexibility index (Phi) is 5.63. The molecule has 2 aromatic rings. The standard InChI is InChI=1S/C23H24N2O4S/c1-4-27-22(26)20-15(3)25(17-8-5-14(2)6-9-17)23(30)24-21(20)16-7-10-18-19(13-16)29-12-11-28-18/h5-10,13,21H,4,11-12H2,1-3H3,(H,24,30). The molecule has 1 unspecified atom stereocenters. The van der Waals surface area contributed by atoms with E-state index in [-0.39, 0.29) is 5.97 Å². The summed E-state index contributed by atoms with van der Waals surface area (Å²) in [6.45, 7) is 7.03. The fraction of sp³-hybridized carbons (Fsp3) is 0.304. The zero-order valence-corrected chi connectivity index (χ0v) is 18.0. The number of hydrogen-bond acceptors (Lipinski definition) is 5. The van der Waals surface area contributed by atoms with Crippen molar-refractivity contribution in [3.8, 4) is 11.5 Å². The van der Waals surface area contributed by atoms with Crippen LogP contribution in [0.4, 0.5) is 5.69 Å². The third kappa shape index (κ3) is 3.73. The third-order valence-electron chi connectivity index (χ3n) is 5.17. The summed E-state index contributed by atoms with van der Waals surface area (Å²) < 4.78 is 16.7. The molecule has 2 aliphatic rings. The molecule has 7 heteroatoms. The monoisotopic (exact) mass is 424 g/mol. The van der Waals surface area contributed by atoms with Gasteiger partial charge in [0.25, 0.3) is 0 Å². The van der Waals surface area contributed by atoms with E-state index in [4.69, 9.17) is 26.4 Å². The maximum absolute atomic E-state index is 13.0. The van der Waals surface area contributed by atoms with Crippen molar-refractivity contribution >= 4 is 29.0 Å². The van der Waals surface area contributed by atoms with Crippen LogP contribution in [0.15, 0.2) is 53.7 Å². The van der Waals surface area contributed by atoms with Gasteiger partial charge in [-0.2, -0.15) is 0 Å². The number of anilines is 1. The van der Waals surface area contributed by atoms with Gasteiger partial charge in [0, 0.05) is 11.4 Å². The summed E-state index contributed by atoms with van der Waals surface area (Å²) >= 11 is 5.69. The van der Waals surface area contributed by atoms with E-state index in [1.165, 1.54) is 0 Å². The van der Waals surface area contributed by atoms with Gasteiger partial charge in [-0.3, -0.25) is 4.90 Å². The van der Waals surface area contributed by atoms with Gasteiger partial charge in [-0.05, 0) is 62.8 Å². The summed E-state index contributed by atoms with van der Waals surface area (Å²) in [6.07, 6.45) is 0. The normalized spacial score (nSPS) is 18.2. The number of nitrogens with one attached hydrogen (secondary N) is 1. The predicted molar refractivity (Wildman–Crippen MR) is 119 cm³/mol. The lowest BCUT2D eigenvalue weighted by atomic mass is 9.94. The average Bonchev–Trinajstić information content (AvgIpc) is 2.74. The number of ether oxygens (including phenoxy) is 3. The van der Waals surface area contributed by atoms with E-state index in [2.05, 4.69) is 5.32 Å². The van der Waals surface area contributed by atoms with Gasteiger partial charge in [-0.15, -0.1) is 0 Å². The zero-order valence-electron chi connectivity index (χ0n) is 17.2. The predicted octanol–water partition coefficient (Wildman–Crippen LogP) is 4.04. The highest BCUT2D eigenvalue weighted by Crippen LogP contribution is 2.38. The first-order valence-corrected chi connectivity index (χ1v) is 10.3. The molecule has 30 heavy (non-hydrogen) atoms. The van der Waals surface area contributed by atoms with E-state index in [0.29, 0.717) is 42.0 Å². The van der Waals surface area contributed by atoms with Crippen LogP contribution in [-0.4, -0.2) is 30.9 Å². The van der Waals surface area contributed by atoms with E-state index in [1.807, 2.05) is 61.2 Å². The minimum absolute atomic E-state index is 0.290. The van der Waals surface area contributed by atoms with Gasteiger partial charge in [0.1, 0.15) is 13.2 Å². The second-order valence-electron chi connectivity index (χ2n) is 7.18. The molecule has 1 atom stereocenters. The van der Waals surface area contributed by atoms with Crippen LogP contribution >= 0.6 is 12.2 Å². The highest BCUT2D eigenvalue weighted by Gasteiger charge is 2.36. The van der Waals surface area contributed by atoms with Gasteiger partial charge in [0.15, 0.2) is 16.6 Å². The number of nitrogens with zero attached hydrogens (tertiary/aromatic N) is 1. The van der Waals surface area contributed by atoms with Gasteiger partial charge in [-0.25, -0.2) is 4.79 Å². The molecule has 0 fully saturated rings. The fourth-order valence-corrected chi connectivity index (χ4v) is 4.07. The Hall–Kier alpha value is -3.06. The number of hydrogen-bond donors (Lipinski definition) is 1. The first kappa shape index (κ1) is 20.2. The molecule has 0 aromatic heterocycles. The highest BCUT2D eigenvalue weighted by atomic mass is 32.1. The molecule has 4 rings (SSSR count). The molecular formula is C23H24N2O4S. The van der Waals surface area contributed by atoms with Crippen molar-refractivity contribution in [3.63, 3.8) is 0 Å². The van der Waals surface area contributed by atoms with E-state index in [1.54, 1.807) is 6.92 Å². The van der Waals surface area contributed by atoms with Crippen molar-refractivity contribution in [1.29, 1.82) is 0 Å². The Morgan fingerprint density at radius 2 is 1.83 bits per heavy atom. The van der Waals surface area contributed by atoms with E-state index in [9.17, 15) is 4.79 Å². The summed E-state index contributed by atoms with van der Waals surface area (Å²) in [5.74, 6) is 0.985. The topological polar surface area (TPSA) is 60.0 Å². The van der Waals surface area contributed by atoms with Crippen molar-refractivity contribution in [2.45, 2.75) is 26.8 Å². The number of benzene rings is 2. The van der Waals surface area contributed by atoms with Crippen molar-refractivity contribution in [2.75, 3.05) is 24.7 Å². The number of esters is 1. The van der Waals surface area contributed by atoms with Crippen LogP contribution in [0.3, 0.4) is 0 Å². The molecule has 0 bridgehead atoms. The van der Waals surface area contributed by atoms with Crippen LogP contribution in [0.25, 0.3) is 0 Å². The number of carbonyl (C=O) groups is 1. The maximum Gasteiger partial charge on any atom is 0.338 e. The first-order valence-electron chi connectivity index (χ1n) is 9.94. The zero-order chi connectivity index (χ0) is 21.3. The van der Waals surface area contributed by atoms with Crippen LogP contribution < -0.4 is 19.7 Å². The van der Waals surface area contributed by atoms with Crippen LogP contribution in [0, 0.1) is 6.92 Å². The molecule has 2 heterocycles. The second kappa shape index (κ2) is 8.36. The van der Waals surface area contributed by atoms with Gasteiger partial charge < -0.3 is 19.5 Å². The minimum Gasteiger partial charge on any atom is -0.486 e. The van der Waals surface area contributed by atoms with Crippen molar-refractivity contribution in [3.05, 3.63) is 64.9 Å². The van der Waals surface area contributed by atoms with Gasteiger partial charge in [0.2, 0.25) is 0 Å². The summed E-state index contributed by atoms with van der Waals surface area (Å²) in [5, 5.41) is 3.84. The number of allylic oxidation sites excluding steroid dienone is 1. The van der Waals surface area contributed by atoms with Crippen LogP contribution in [-0.2, 0) is 9.53 Å². The molecule has 0 spiro atoms. The largest absolute Gasteiger partial charge is 0.486 e. The first-order chi connectivity index (χ1) is 14.5. The van der Waals surface area contributed by atoms with Gasteiger partial charge in [-0.1, -0.05) is 23.8 Å². The number of aryl methyl sites for hydroxylation is 1. The molecule has 0 aliphatic carbocycles. The van der Waals surface area contributed by atoms with Crippen molar-refractivity contribution in [2.24, 2.45) is 0 Å². The summed E-state index contributed by atoms with van der Waals surface area (Å²) in [4.78, 5) is 14.8. The van der Waals surface area contributed by atoms with Crippen LogP contribution in [0.5, 0.6) is 11.5 Å². The Bertz CT molecular complexity index is 1020. The summed E-state index contributed by atoms with van der Waals surface area (Å²) in [6, 6.07) is 13.2. The molecule has 156 valence electrons. The Labute approximate surface area is 181 Å².